The van der Waals surface area contributed by atoms with Gasteiger partial charge in [0.05, 0.1) is 13.2 Å². The second kappa shape index (κ2) is 6.25. The van der Waals surface area contributed by atoms with Gasteiger partial charge in [0.15, 0.2) is 0 Å². The van der Waals surface area contributed by atoms with Gasteiger partial charge >= 0.3 is 0 Å². The molecule has 0 amide bonds. The van der Waals surface area contributed by atoms with Crippen molar-refractivity contribution in [1.82, 2.24) is 0 Å². The van der Waals surface area contributed by atoms with Gasteiger partial charge in [0, 0.05) is 0 Å². The molecule has 1 rings (SSSR count). The van der Waals surface area contributed by atoms with E-state index in [1.54, 1.807) is 0 Å². The highest BCUT2D eigenvalue weighted by Gasteiger charge is 1.96. The van der Waals surface area contributed by atoms with Gasteiger partial charge in [0.1, 0.15) is 5.75 Å². The third kappa shape index (κ3) is 3.76. The van der Waals surface area contributed by atoms with E-state index in [-0.39, 0.29) is 6.61 Å². The molecule has 0 aromatic heterocycles. The lowest BCUT2D eigenvalue weighted by Gasteiger charge is -2.04. The fourth-order valence-electron chi connectivity index (χ4n) is 1.36. The Kier molecular flexibility index (Phi) is 4.91. The number of ether oxygens (including phenoxy) is 1. The molecule has 1 N–H and O–H groups in total. The molecule has 2 heteroatoms. The molecule has 0 saturated heterocycles. The summed E-state index contributed by atoms with van der Waals surface area (Å²) in [5, 5.41) is 9.06. The van der Waals surface area contributed by atoms with Gasteiger partial charge in [-0.25, -0.2) is 0 Å². The van der Waals surface area contributed by atoms with Crippen LogP contribution in [-0.2, 0) is 0 Å². The summed E-state index contributed by atoms with van der Waals surface area (Å²) in [6.07, 6.45) is 2.87. The van der Waals surface area contributed by atoms with Gasteiger partial charge in [0.25, 0.3) is 0 Å². The van der Waals surface area contributed by atoms with E-state index in [0.717, 1.165) is 23.3 Å². The van der Waals surface area contributed by atoms with Crippen molar-refractivity contribution in [3.63, 3.8) is 0 Å². The lowest BCUT2D eigenvalue weighted by atomic mass is 10.1. The van der Waals surface area contributed by atoms with E-state index in [1.165, 1.54) is 0 Å². The highest BCUT2D eigenvalue weighted by molar-refractivity contribution is 5.54. The van der Waals surface area contributed by atoms with Crippen molar-refractivity contribution in [3.8, 4) is 5.75 Å². The summed E-state index contributed by atoms with van der Waals surface area (Å²) in [5.41, 5.74) is 2.11. The molecule has 0 aliphatic carbocycles. The number of hydrogen-bond acceptors (Lipinski definition) is 2. The summed E-state index contributed by atoms with van der Waals surface area (Å²) in [7, 11) is 0. The van der Waals surface area contributed by atoms with Crippen molar-refractivity contribution in [2.24, 2.45) is 0 Å². The average Bonchev–Trinajstić information content (AvgIpc) is 2.27. The number of aliphatic hydroxyl groups excluding tert-OH is 1. The van der Waals surface area contributed by atoms with Crippen LogP contribution in [-0.4, -0.2) is 18.3 Å². The fourth-order valence-corrected chi connectivity index (χ4v) is 1.36. The maximum atomic E-state index is 9.06. The largest absolute Gasteiger partial charge is 0.494 e. The normalized spacial score (nSPS) is 11.5. The SMILES string of the molecule is CCOc1cccc(C=C(CC)CO)c1. The predicted molar refractivity (Wildman–Crippen MR) is 63.0 cm³/mol. The van der Waals surface area contributed by atoms with E-state index in [1.807, 2.05) is 44.2 Å². The van der Waals surface area contributed by atoms with Gasteiger partial charge in [-0.2, -0.15) is 0 Å². The topological polar surface area (TPSA) is 29.5 Å². The van der Waals surface area contributed by atoms with Gasteiger partial charge in [-0.05, 0) is 36.6 Å². The van der Waals surface area contributed by atoms with Gasteiger partial charge in [0.2, 0.25) is 0 Å². The Balaban J connectivity index is 2.85. The quantitative estimate of drug-likeness (QED) is 0.802. The molecular formula is C13H18O2. The predicted octanol–water partition coefficient (Wildman–Crippen LogP) is 2.87. The molecule has 82 valence electrons. The lowest BCUT2D eigenvalue weighted by molar-refractivity contribution is 0.329. The van der Waals surface area contributed by atoms with E-state index in [4.69, 9.17) is 9.84 Å². The molecule has 15 heavy (non-hydrogen) atoms. The first-order valence-electron chi connectivity index (χ1n) is 5.33. The minimum atomic E-state index is 0.120. The number of aliphatic hydroxyl groups is 1. The van der Waals surface area contributed by atoms with Crippen molar-refractivity contribution in [1.29, 1.82) is 0 Å². The zero-order valence-corrected chi connectivity index (χ0v) is 9.36. The fraction of sp³-hybridized carbons (Fsp3) is 0.385. The molecular weight excluding hydrogens is 188 g/mol. The van der Waals surface area contributed by atoms with Crippen LogP contribution in [0.25, 0.3) is 6.08 Å². The van der Waals surface area contributed by atoms with Crippen LogP contribution >= 0.6 is 0 Å². The first kappa shape index (κ1) is 11.8. The van der Waals surface area contributed by atoms with Crippen LogP contribution in [0.2, 0.25) is 0 Å². The summed E-state index contributed by atoms with van der Waals surface area (Å²) >= 11 is 0. The molecule has 0 unspecified atom stereocenters. The number of benzene rings is 1. The molecule has 0 heterocycles. The van der Waals surface area contributed by atoms with E-state index in [0.29, 0.717) is 6.61 Å². The minimum Gasteiger partial charge on any atom is -0.494 e. The molecule has 1 aromatic carbocycles. The van der Waals surface area contributed by atoms with Crippen molar-refractivity contribution >= 4 is 6.08 Å². The molecule has 0 bridgehead atoms. The first-order chi connectivity index (χ1) is 7.30. The second-order valence-corrected chi connectivity index (χ2v) is 3.32. The van der Waals surface area contributed by atoms with Crippen LogP contribution in [0.3, 0.4) is 0 Å². The second-order valence-electron chi connectivity index (χ2n) is 3.32. The summed E-state index contributed by atoms with van der Waals surface area (Å²) in [4.78, 5) is 0. The van der Waals surface area contributed by atoms with E-state index >= 15 is 0 Å². The molecule has 2 nitrogen and oxygen atoms in total. The highest BCUT2D eigenvalue weighted by atomic mass is 16.5. The van der Waals surface area contributed by atoms with Crippen molar-refractivity contribution in [2.45, 2.75) is 20.3 Å². The van der Waals surface area contributed by atoms with Crippen LogP contribution in [0.15, 0.2) is 29.8 Å². The summed E-state index contributed by atoms with van der Waals surface area (Å²) in [6, 6.07) is 7.88. The zero-order chi connectivity index (χ0) is 11.1. The molecule has 0 saturated carbocycles. The molecule has 0 atom stereocenters. The summed E-state index contributed by atoms with van der Waals surface area (Å²) in [5.74, 6) is 0.875. The van der Waals surface area contributed by atoms with E-state index in [9.17, 15) is 0 Å². The molecule has 0 fully saturated rings. The molecule has 0 aliphatic rings. The smallest absolute Gasteiger partial charge is 0.119 e. The Hall–Kier alpha value is -1.28. The van der Waals surface area contributed by atoms with Crippen LogP contribution in [0.1, 0.15) is 25.8 Å². The number of rotatable bonds is 5. The minimum absolute atomic E-state index is 0.120. The first-order valence-corrected chi connectivity index (χ1v) is 5.33. The zero-order valence-electron chi connectivity index (χ0n) is 9.36. The Morgan fingerprint density at radius 1 is 1.40 bits per heavy atom. The van der Waals surface area contributed by atoms with E-state index in [2.05, 4.69) is 0 Å². The Labute approximate surface area is 91.2 Å². The maximum absolute atomic E-state index is 9.06. The van der Waals surface area contributed by atoms with E-state index < -0.39 is 0 Å². The molecule has 1 aromatic rings. The van der Waals surface area contributed by atoms with Gasteiger partial charge < -0.3 is 9.84 Å². The Morgan fingerprint density at radius 2 is 2.20 bits per heavy atom. The Bertz CT molecular complexity index is 323. The van der Waals surface area contributed by atoms with Crippen LogP contribution < -0.4 is 4.74 Å². The summed E-state index contributed by atoms with van der Waals surface area (Å²) < 4.78 is 5.40. The van der Waals surface area contributed by atoms with Gasteiger partial charge in [-0.15, -0.1) is 0 Å². The van der Waals surface area contributed by atoms with Crippen molar-refractivity contribution in [3.05, 3.63) is 35.4 Å². The number of hydrogen-bond donors (Lipinski definition) is 1. The third-order valence-corrected chi connectivity index (χ3v) is 2.20. The van der Waals surface area contributed by atoms with Crippen LogP contribution in [0.5, 0.6) is 5.75 Å². The third-order valence-electron chi connectivity index (χ3n) is 2.20. The van der Waals surface area contributed by atoms with Crippen LogP contribution in [0.4, 0.5) is 0 Å². The van der Waals surface area contributed by atoms with Gasteiger partial charge in [-0.3, -0.25) is 0 Å². The van der Waals surface area contributed by atoms with Crippen LogP contribution in [0, 0.1) is 0 Å². The lowest BCUT2D eigenvalue weighted by Crippen LogP contribution is -1.92. The molecule has 0 radical (unpaired) electrons. The van der Waals surface area contributed by atoms with Crippen molar-refractivity contribution < 1.29 is 9.84 Å². The highest BCUT2D eigenvalue weighted by Crippen LogP contribution is 2.16. The van der Waals surface area contributed by atoms with Gasteiger partial charge in [-0.1, -0.05) is 25.1 Å². The monoisotopic (exact) mass is 206 g/mol. The average molecular weight is 206 g/mol. The Morgan fingerprint density at radius 3 is 2.80 bits per heavy atom. The summed E-state index contributed by atoms with van der Waals surface area (Å²) in [6.45, 7) is 4.80. The van der Waals surface area contributed by atoms with Crippen molar-refractivity contribution in [2.75, 3.05) is 13.2 Å². The maximum Gasteiger partial charge on any atom is 0.119 e. The standard InChI is InChI=1S/C13H18O2/c1-3-11(10-14)8-12-6-5-7-13(9-12)15-4-2/h5-9,14H,3-4,10H2,1-2H3. The molecule has 0 aliphatic heterocycles. The molecule has 0 spiro atoms.